The van der Waals surface area contributed by atoms with Gasteiger partial charge in [0.1, 0.15) is 28.6 Å². The van der Waals surface area contributed by atoms with Crippen molar-refractivity contribution in [1.29, 1.82) is 0 Å². The third kappa shape index (κ3) is 4.39. The molecule has 0 saturated carbocycles. The number of unbranched alkanes of at least 4 members (excludes halogenated alkanes) is 1. The quantitative estimate of drug-likeness (QED) is 0.448. The van der Waals surface area contributed by atoms with Crippen LogP contribution in [0.3, 0.4) is 0 Å². The number of amides is 2. The number of hydrogen-bond acceptors (Lipinski definition) is 5. The van der Waals surface area contributed by atoms with Gasteiger partial charge in [-0.2, -0.15) is 0 Å². The van der Waals surface area contributed by atoms with E-state index in [1.807, 2.05) is 13.8 Å². The first-order chi connectivity index (χ1) is 17.7. The minimum Gasteiger partial charge on any atom is -0.487 e. The second-order valence-corrected chi connectivity index (χ2v) is 9.90. The van der Waals surface area contributed by atoms with Crippen molar-refractivity contribution < 1.29 is 32.2 Å². The summed E-state index contributed by atoms with van der Waals surface area (Å²) in [5.74, 6) is -4.87. The summed E-state index contributed by atoms with van der Waals surface area (Å²) < 4.78 is 54.7. The van der Waals surface area contributed by atoms with E-state index in [4.69, 9.17) is 9.47 Å². The summed E-state index contributed by atoms with van der Waals surface area (Å²) in [5.41, 5.74) is -2.09. The number of nitrogens with one attached hydrogen (secondary N) is 1. The molecular weight excluding hydrogens is 491 g/mol. The van der Waals surface area contributed by atoms with Gasteiger partial charge in [-0.05, 0) is 26.2 Å². The molecule has 5 rings (SSSR count). The van der Waals surface area contributed by atoms with E-state index in [2.05, 4.69) is 5.32 Å². The highest BCUT2D eigenvalue weighted by atomic mass is 19.1. The van der Waals surface area contributed by atoms with Crippen molar-refractivity contribution in [2.75, 3.05) is 19.8 Å². The van der Waals surface area contributed by atoms with Crippen LogP contribution in [0.15, 0.2) is 23.1 Å². The van der Waals surface area contributed by atoms with Crippen molar-refractivity contribution >= 4 is 11.8 Å². The number of nitrogens with zero attached hydrogens (tertiary/aromatic N) is 2. The minimum atomic E-state index is -1.16. The molecule has 3 atom stereocenters. The molecule has 11 heteroatoms. The lowest BCUT2D eigenvalue weighted by molar-refractivity contribution is 0.0571. The third-order valence-corrected chi connectivity index (χ3v) is 7.52. The fourth-order valence-electron chi connectivity index (χ4n) is 5.18. The van der Waals surface area contributed by atoms with Gasteiger partial charge < -0.3 is 24.3 Å². The number of carbonyl (C=O) groups excluding carboxylic acids is 2. The van der Waals surface area contributed by atoms with Gasteiger partial charge in [-0.25, -0.2) is 13.2 Å². The number of hydrogen-bond donors (Lipinski definition) is 1. The molecule has 2 saturated heterocycles. The molecule has 3 aliphatic heterocycles. The van der Waals surface area contributed by atoms with Gasteiger partial charge >= 0.3 is 0 Å². The van der Waals surface area contributed by atoms with Gasteiger partial charge in [-0.3, -0.25) is 14.4 Å². The van der Waals surface area contributed by atoms with Crippen LogP contribution < -0.4 is 15.5 Å². The summed E-state index contributed by atoms with van der Waals surface area (Å²) in [6.07, 6.45) is 4.18. The molecule has 2 bridgehead atoms. The molecule has 198 valence electrons. The van der Waals surface area contributed by atoms with E-state index in [0.29, 0.717) is 38.1 Å². The predicted molar refractivity (Wildman–Crippen MR) is 126 cm³/mol. The Bertz CT molecular complexity index is 1300. The van der Waals surface area contributed by atoms with Crippen LogP contribution in [0.1, 0.15) is 72.0 Å². The number of fused-ring (bicyclic) bond motifs is 5. The van der Waals surface area contributed by atoms with Gasteiger partial charge in [0.2, 0.25) is 5.43 Å². The highest BCUT2D eigenvalue weighted by Crippen LogP contribution is 2.48. The van der Waals surface area contributed by atoms with E-state index < -0.39 is 46.5 Å². The third-order valence-electron chi connectivity index (χ3n) is 7.52. The summed E-state index contributed by atoms with van der Waals surface area (Å²) in [6.45, 7) is 4.32. The average molecular weight is 520 g/mol. The van der Waals surface area contributed by atoms with E-state index in [-0.39, 0.29) is 41.6 Å². The zero-order valence-electron chi connectivity index (χ0n) is 20.6. The Morgan fingerprint density at radius 1 is 1.24 bits per heavy atom. The van der Waals surface area contributed by atoms with Gasteiger partial charge in [0.05, 0.1) is 19.3 Å². The van der Waals surface area contributed by atoms with Crippen molar-refractivity contribution in [3.63, 3.8) is 0 Å². The summed E-state index contributed by atoms with van der Waals surface area (Å²) in [7, 11) is 0. The highest BCUT2D eigenvalue weighted by Gasteiger charge is 2.57. The SMILES string of the molecule is CCCCOc1c2n(cc(C(=O)NCc3c(F)cc(F)cc3F)c1=O)[C@@H]1CN(C2=O)[C@@H](C)CC[C@]12CO2. The smallest absolute Gasteiger partial charge is 0.274 e. The van der Waals surface area contributed by atoms with Crippen molar-refractivity contribution in [2.45, 2.75) is 63.8 Å². The Balaban J connectivity index is 1.56. The first-order valence-electron chi connectivity index (χ1n) is 12.5. The van der Waals surface area contributed by atoms with Gasteiger partial charge in [0.15, 0.2) is 11.4 Å². The van der Waals surface area contributed by atoms with Crippen LogP contribution in [0.4, 0.5) is 13.2 Å². The molecule has 2 aromatic rings. The molecule has 1 aromatic carbocycles. The second kappa shape index (κ2) is 9.51. The monoisotopic (exact) mass is 519 g/mol. The van der Waals surface area contributed by atoms with Crippen LogP contribution in [-0.2, 0) is 11.3 Å². The Labute approximate surface area is 211 Å². The predicted octanol–water partition coefficient (Wildman–Crippen LogP) is 3.32. The normalized spacial score (nSPS) is 24.0. The Morgan fingerprint density at radius 3 is 2.59 bits per heavy atom. The van der Waals surface area contributed by atoms with Gasteiger partial charge in [-0.15, -0.1) is 0 Å². The highest BCUT2D eigenvalue weighted by molar-refractivity contribution is 5.99. The van der Waals surface area contributed by atoms with E-state index >= 15 is 0 Å². The second-order valence-electron chi connectivity index (χ2n) is 9.90. The van der Waals surface area contributed by atoms with Crippen LogP contribution in [0.2, 0.25) is 0 Å². The lowest BCUT2D eigenvalue weighted by atomic mass is 9.94. The van der Waals surface area contributed by atoms with E-state index in [1.165, 1.54) is 6.20 Å². The lowest BCUT2D eigenvalue weighted by Gasteiger charge is -2.38. The van der Waals surface area contributed by atoms with Crippen molar-refractivity contribution in [3.8, 4) is 5.75 Å². The summed E-state index contributed by atoms with van der Waals surface area (Å²) in [5, 5.41) is 2.34. The Morgan fingerprint density at radius 2 is 1.95 bits per heavy atom. The maximum Gasteiger partial charge on any atom is 0.274 e. The number of pyridine rings is 1. The van der Waals surface area contributed by atoms with Crippen LogP contribution in [0.25, 0.3) is 0 Å². The average Bonchev–Trinajstić information content (AvgIpc) is 3.65. The van der Waals surface area contributed by atoms with Crippen LogP contribution in [-0.4, -0.2) is 52.7 Å². The number of halogens is 3. The Kier molecular flexibility index (Phi) is 6.51. The minimum absolute atomic E-state index is 0.0607. The lowest BCUT2D eigenvalue weighted by Crippen LogP contribution is -2.50. The van der Waals surface area contributed by atoms with E-state index in [9.17, 15) is 27.6 Å². The number of epoxide rings is 1. The molecule has 1 aromatic heterocycles. The molecule has 0 radical (unpaired) electrons. The molecule has 37 heavy (non-hydrogen) atoms. The van der Waals surface area contributed by atoms with Crippen LogP contribution in [0, 0.1) is 17.5 Å². The summed E-state index contributed by atoms with van der Waals surface area (Å²) >= 11 is 0. The zero-order chi connectivity index (χ0) is 26.5. The maximum absolute atomic E-state index is 14.1. The van der Waals surface area contributed by atoms with Crippen molar-refractivity contribution in [2.24, 2.45) is 0 Å². The number of ether oxygens (including phenoxy) is 2. The van der Waals surface area contributed by atoms with Gasteiger partial charge in [0.25, 0.3) is 11.8 Å². The van der Waals surface area contributed by atoms with E-state index in [1.54, 1.807) is 9.47 Å². The molecular formula is C26H28F3N3O5. The number of carbonyl (C=O) groups is 2. The fourth-order valence-corrected chi connectivity index (χ4v) is 5.18. The molecule has 4 heterocycles. The molecule has 0 aliphatic carbocycles. The zero-order valence-corrected chi connectivity index (χ0v) is 20.6. The summed E-state index contributed by atoms with van der Waals surface area (Å²) in [6, 6.07) is 0.627. The van der Waals surface area contributed by atoms with Gasteiger partial charge in [0, 0.05) is 43.0 Å². The van der Waals surface area contributed by atoms with Gasteiger partial charge in [-0.1, -0.05) is 13.3 Å². The van der Waals surface area contributed by atoms with Crippen LogP contribution in [0.5, 0.6) is 5.75 Å². The van der Waals surface area contributed by atoms with E-state index in [0.717, 1.165) is 12.8 Å². The van der Waals surface area contributed by atoms with Crippen LogP contribution >= 0.6 is 0 Å². The molecule has 0 unspecified atom stereocenters. The van der Waals surface area contributed by atoms with Crippen molar-refractivity contribution in [3.05, 3.63) is 62.8 Å². The standard InChI is InChI=1S/C26H28F3N3O5/c1-3-4-7-36-23-21-25(35)31-12-20(26(13-37-26)6-5-14(31)2)32(21)11-17(22(23)33)24(34)30-10-16-18(28)8-15(27)9-19(16)29/h8-9,11,14,20H,3-7,10,12-13H2,1-2H3,(H,30,34)/t14-,20+,26-/m0/s1. The first-order valence-corrected chi connectivity index (χ1v) is 12.5. The maximum atomic E-state index is 14.1. The largest absolute Gasteiger partial charge is 0.487 e. The molecule has 8 nitrogen and oxygen atoms in total. The molecule has 2 amide bonds. The van der Waals surface area contributed by atoms with Crippen molar-refractivity contribution in [1.82, 2.24) is 14.8 Å². The molecule has 2 fully saturated rings. The topological polar surface area (TPSA) is 93.2 Å². The molecule has 1 N–H and O–H groups in total. The number of aromatic nitrogens is 1. The molecule has 1 spiro atoms. The summed E-state index contributed by atoms with van der Waals surface area (Å²) in [4.78, 5) is 41.9. The number of benzene rings is 1. The number of rotatable bonds is 7. The first kappa shape index (κ1) is 25.3. The Hall–Kier alpha value is -3.34. The molecule has 3 aliphatic rings. The fraction of sp³-hybridized carbons (Fsp3) is 0.500.